The van der Waals surface area contributed by atoms with Crippen LogP contribution in [0.25, 0.3) is 0 Å². The molecule has 0 aromatic carbocycles. The fraction of sp³-hybridized carbons (Fsp3) is 0.818. The molecule has 0 saturated carbocycles. The van der Waals surface area contributed by atoms with Gasteiger partial charge in [-0.15, -0.1) is 0 Å². The first-order valence-electron chi connectivity index (χ1n) is 5.83. The number of rotatable bonds is 9. The molecule has 0 rings (SSSR count). The zero-order chi connectivity index (χ0) is 12.4. The summed E-state index contributed by atoms with van der Waals surface area (Å²) in [6.45, 7) is 2.56. The third-order valence-corrected chi connectivity index (χ3v) is 2.30. The third kappa shape index (κ3) is 8.23. The average molecular weight is 230 g/mol. The zero-order valence-corrected chi connectivity index (χ0v) is 9.87. The molecule has 0 aromatic rings. The number of aliphatic carboxylic acids is 1. The van der Waals surface area contributed by atoms with Crippen LogP contribution in [-0.2, 0) is 9.59 Å². The van der Waals surface area contributed by atoms with Gasteiger partial charge in [0, 0.05) is 13.0 Å². The maximum absolute atomic E-state index is 11.3. The number of amides is 1. The Hall–Kier alpha value is -1.10. The largest absolute Gasteiger partial charge is 0.481 e. The molecule has 94 valence electrons. The van der Waals surface area contributed by atoms with Crippen molar-refractivity contribution in [2.45, 2.75) is 51.5 Å². The number of hydrogen-bond acceptors (Lipinski definition) is 3. The van der Waals surface area contributed by atoms with Crippen LogP contribution < -0.4 is 11.1 Å². The Morgan fingerprint density at radius 3 is 2.56 bits per heavy atom. The molecule has 0 spiro atoms. The molecule has 0 aliphatic rings. The molecule has 0 aromatic heterocycles. The highest BCUT2D eigenvalue weighted by Gasteiger charge is 2.10. The second-order valence-corrected chi connectivity index (χ2v) is 3.89. The minimum atomic E-state index is -0.769. The van der Waals surface area contributed by atoms with Crippen molar-refractivity contribution in [3.8, 4) is 0 Å². The van der Waals surface area contributed by atoms with Crippen LogP contribution in [0.5, 0.6) is 0 Å². The topological polar surface area (TPSA) is 92.4 Å². The quantitative estimate of drug-likeness (QED) is 0.512. The first-order chi connectivity index (χ1) is 7.57. The predicted octanol–water partition coefficient (Wildman–Crippen LogP) is 0.875. The van der Waals surface area contributed by atoms with E-state index in [1.807, 2.05) is 6.92 Å². The van der Waals surface area contributed by atoms with Gasteiger partial charge in [0.1, 0.15) is 0 Å². The molecule has 16 heavy (non-hydrogen) atoms. The summed E-state index contributed by atoms with van der Waals surface area (Å²) < 4.78 is 0. The summed E-state index contributed by atoms with van der Waals surface area (Å²) in [5, 5.41) is 11.1. The Balaban J connectivity index is 3.37. The second-order valence-electron chi connectivity index (χ2n) is 3.89. The van der Waals surface area contributed by atoms with Gasteiger partial charge in [0.2, 0.25) is 5.91 Å². The Labute approximate surface area is 96.4 Å². The Morgan fingerprint density at radius 1 is 1.31 bits per heavy atom. The zero-order valence-electron chi connectivity index (χ0n) is 9.87. The third-order valence-electron chi connectivity index (χ3n) is 2.30. The van der Waals surface area contributed by atoms with Crippen molar-refractivity contribution in [2.24, 2.45) is 5.73 Å². The first kappa shape index (κ1) is 14.9. The molecule has 5 nitrogen and oxygen atoms in total. The smallest absolute Gasteiger partial charge is 0.303 e. The van der Waals surface area contributed by atoms with Gasteiger partial charge in [-0.2, -0.15) is 0 Å². The van der Waals surface area contributed by atoms with Crippen molar-refractivity contribution in [3.63, 3.8) is 0 Å². The molecule has 0 unspecified atom stereocenters. The number of carboxylic acid groups (broad SMARTS) is 1. The fourth-order valence-corrected chi connectivity index (χ4v) is 1.36. The van der Waals surface area contributed by atoms with Crippen molar-refractivity contribution in [1.29, 1.82) is 0 Å². The lowest BCUT2D eigenvalue weighted by Crippen LogP contribution is -2.40. The van der Waals surface area contributed by atoms with Crippen molar-refractivity contribution in [2.75, 3.05) is 6.54 Å². The van der Waals surface area contributed by atoms with Crippen LogP contribution in [0.15, 0.2) is 0 Å². The van der Waals surface area contributed by atoms with E-state index in [0.717, 1.165) is 19.3 Å². The molecule has 4 N–H and O–H groups in total. The molecule has 0 fully saturated rings. The van der Waals surface area contributed by atoms with Crippen LogP contribution in [-0.4, -0.2) is 29.6 Å². The molecule has 0 bridgehead atoms. The number of nitrogens with one attached hydrogen (secondary N) is 1. The minimum Gasteiger partial charge on any atom is -0.481 e. The Bertz CT molecular complexity index is 219. The number of carboxylic acids is 1. The summed E-state index contributed by atoms with van der Waals surface area (Å²) in [4.78, 5) is 21.6. The van der Waals surface area contributed by atoms with E-state index in [1.165, 1.54) is 0 Å². The van der Waals surface area contributed by atoms with Crippen LogP contribution in [0.3, 0.4) is 0 Å². The molecule has 0 aliphatic carbocycles. The van der Waals surface area contributed by atoms with E-state index in [9.17, 15) is 9.59 Å². The molecular weight excluding hydrogens is 208 g/mol. The van der Waals surface area contributed by atoms with E-state index in [4.69, 9.17) is 10.8 Å². The van der Waals surface area contributed by atoms with Gasteiger partial charge >= 0.3 is 5.97 Å². The van der Waals surface area contributed by atoms with E-state index in [0.29, 0.717) is 19.4 Å². The normalized spacial score (nSPS) is 12.1. The van der Waals surface area contributed by atoms with Crippen LogP contribution in [0, 0.1) is 0 Å². The standard InChI is InChI=1S/C11H22N2O3/c1-2-6-9(12)11(16)13-8-5-3-4-7-10(14)15/h9H,2-8,12H2,1H3,(H,13,16)(H,14,15)/t9-/m0/s1. The summed E-state index contributed by atoms with van der Waals surface area (Å²) in [5.41, 5.74) is 5.62. The fourth-order valence-electron chi connectivity index (χ4n) is 1.36. The highest BCUT2D eigenvalue weighted by atomic mass is 16.4. The number of carbonyl (C=O) groups excluding carboxylic acids is 1. The average Bonchev–Trinajstić information content (AvgIpc) is 2.22. The molecule has 0 saturated heterocycles. The number of carbonyl (C=O) groups is 2. The number of unbranched alkanes of at least 4 members (excludes halogenated alkanes) is 2. The highest BCUT2D eigenvalue weighted by molar-refractivity contribution is 5.81. The summed E-state index contributed by atoms with van der Waals surface area (Å²) in [6, 6.07) is -0.413. The van der Waals surface area contributed by atoms with E-state index in [-0.39, 0.29) is 12.3 Å². The Morgan fingerprint density at radius 2 is 2.00 bits per heavy atom. The highest BCUT2D eigenvalue weighted by Crippen LogP contribution is 1.99. The van der Waals surface area contributed by atoms with E-state index in [1.54, 1.807) is 0 Å². The van der Waals surface area contributed by atoms with Crippen LogP contribution in [0.2, 0.25) is 0 Å². The molecule has 0 aliphatic heterocycles. The number of nitrogens with two attached hydrogens (primary N) is 1. The van der Waals surface area contributed by atoms with Gasteiger partial charge in [0.15, 0.2) is 0 Å². The monoisotopic (exact) mass is 230 g/mol. The lowest BCUT2D eigenvalue weighted by atomic mass is 10.1. The van der Waals surface area contributed by atoms with E-state index in [2.05, 4.69) is 5.32 Å². The number of hydrogen-bond donors (Lipinski definition) is 3. The van der Waals surface area contributed by atoms with Crippen molar-refractivity contribution in [1.82, 2.24) is 5.32 Å². The first-order valence-corrected chi connectivity index (χ1v) is 5.83. The van der Waals surface area contributed by atoms with Gasteiger partial charge in [-0.05, 0) is 19.3 Å². The summed E-state index contributed by atoms with van der Waals surface area (Å²) in [6.07, 6.45) is 4.07. The van der Waals surface area contributed by atoms with Gasteiger partial charge < -0.3 is 16.2 Å². The summed E-state index contributed by atoms with van der Waals surface area (Å²) >= 11 is 0. The van der Waals surface area contributed by atoms with Gasteiger partial charge in [0.25, 0.3) is 0 Å². The molecule has 1 atom stereocenters. The molecule has 5 heteroatoms. The van der Waals surface area contributed by atoms with Crippen molar-refractivity contribution >= 4 is 11.9 Å². The van der Waals surface area contributed by atoms with Crippen LogP contribution in [0.4, 0.5) is 0 Å². The maximum atomic E-state index is 11.3. The summed E-state index contributed by atoms with van der Waals surface area (Å²) in [5.74, 6) is -0.880. The Kier molecular flexibility index (Phi) is 8.52. The van der Waals surface area contributed by atoms with Gasteiger partial charge in [-0.1, -0.05) is 19.8 Å². The van der Waals surface area contributed by atoms with Crippen molar-refractivity contribution in [3.05, 3.63) is 0 Å². The lowest BCUT2D eigenvalue weighted by molar-refractivity contribution is -0.137. The molecule has 0 radical (unpaired) electrons. The van der Waals surface area contributed by atoms with E-state index >= 15 is 0 Å². The summed E-state index contributed by atoms with van der Waals surface area (Å²) in [7, 11) is 0. The van der Waals surface area contributed by atoms with Crippen LogP contribution >= 0.6 is 0 Å². The van der Waals surface area contributed by atoms with Gasteiger partial charge in [-0.3, -0.25) is 9.59 Å². The lowest BCUT2D eigenvalue weighted by Gasteiger charge is -2.10. The van der Waals surface area contributed by atoms with Crippen molar-refractivity contribution < 1.29 is 14.7 Å². The molecular formula is C11H22N2O3. The SMILES string of the molecule is CCC[C@H](N)C(=O)NCCCCCC(=O)O. The predicted molar refractivity (Wildman–Crippen MR) is 62.0 cm³/mol. The molecule has 0 heterocycles. The molecule has 1 amide bonds. The van der Waals surface area contributed by atoms with E-state index < -0.39 is 12.0 Å². The maximum Gasteiger partial charge on any atom is 0.303 e. The van der Waals surface area contributed by atoms with Gasteiger partial charge in [0.05, 0.1) is 6.04 Å². The van der Waals surface area contributed by atoms with Gasteiger partial charge in [-0.25, -0.2) is 0 Å². The minimum absolute atomic E-state index is 0.111. The van der Waals surface area contributed by atoms with Crippen LogP contribution in [0.1, 0.15) is 45.4 Å². The second kappa shape index (κ2) is 9.15.